The molecule has 0 radical (unpaired) electrons. The van der Waals surface area contributed by atoms with Crippen LogP contribution >= 0.6 is 15.9 Å². The van der Waals surface area contributed by atoms with Crippen molar-refractivity contribution >= 4 is 27.5 Å². The van der Waals surface area contributed by atoms with E-state index in [1.54, 1.807) is 0 Å². The van der Waals surface area contributed by atoms with Crippen LogP contribution in [0, 0.1) is 0 Å². The van der Waals surface area contributed by atoms with Gasteiger partial charge in [0, 0.05) is 29.8 Å². The second kappa shape index (κ2) is 4.27. The lowest BCUT2D eigenvalue weighted by Gasteiger charge is -2.12. The largest absolute Gasteiger partial charge is 0.338 e. The van der Waals surface area contributed by atoms with Gasteiger partial charge < -0.3 is 10.2 Å². The molecule has 0 saturated carbocycles. The number of hydrogen-bond donors (Lipinski definition) is 1. The molecule has 1 atom stereocenters. The summed E-state index contributed by atoms with van der Waals surface area (Å²) < 4.78 is 2.82. The van der Waals surface area contributed by atoms with Crippen molar-refractivity contribution < 1.29 is 0 Å². The molecule has 2 aromatic rings. The zero-order valence-corrected chi connectivity index (χ0v) is 11.2. The summed E-state index contributed by atoms with van der Waals surface area (Å²) in [6, 6.07) is 4.49. The first-order chi connectivity index (χ1) is 8.26. The van der Waals surface area contributed by atoms with Crippen molar-refractivity contribution in [2.75, 3.05) is 25.0 Å². The molecule has 6 heteroatoms. The average Bonchev–Trinajstić information content (AvgIpc) is 2.93. The Labute approximate surface area is 108 Å². The highest BCUT2D eigenvalue weighted by Gasteiger charge is 2.23. The zero-order valence-electron chi connectivity index (χ0n) is 9.60. The molecule has 0 spiro atoms. The van der Waals surface area contributed by atoms with Crippen molar-refractivity contribution in [3.63, 3.8) is 0 Å². The van der Waals surface area contributed by atoms with Gasteiger partial charge >= 0.3 is 0 Å². The standard InChI is InChI=1S/C11H14BrN5/c1-13-9-4-5-16(7-9)11-14-10-3-2-8(12)6-17(10)15-11/h2-3,6,9,13H,4-5,7H2,1H3. The molecule has 90 valence electrons. The van der Waals surface area contributed by atoms with Gasteiger partial charge in [0.25, 0.3) is 0 Å². The van der Waals surface area contributed by atoms with Crippen LogP contribution in [0.4, 0.5) is 5.95 Å². The molecule has 1 saturated heterocycles. The van der Waals surface area contributed by atoms with Crippen molar-refractivity contribution in [1.82, 2.24) is 19.9 Å². The summed E-state index contributed by atoms with van der Waals surface area (Å²) in [7, 11) is 2.00. The summed E-state index contributed by atoms with van der Waals surface area (Å²) in [6.07, 6.45) is 3.08. The Kier molecular flexibility index (Phi) is 2.76. The van der Waals surface area contributed by atoms with Crippen LogP contribution in [0.25, 0.3) is 5.65 Å². The molecular formula is C11H14BrN5. The minimum absolute atomic E-state index is 0.549. The summed E-state index contributed by atoms with van der Waals surface area (Å²) >= 11 is 3.43. The molecule has 0 aromatic carbocycles. The second-order valence-corrected chi connectivity index (χ2v) is 5.20. The smallest absolute Gasteiger partial charge is 0.245 e. The van der Waals surface area contributed by atoms with E-state index in [1.807, 2.05) is 29.9 Å². The van der Waals surface area contributed by atoms with Gasteiger partial charge in [-0.25, -0.2) is 4.52 Å². The van der Waals surface area contributed by atoms with Gasteiger partial charge in [0.05, 0.1) is 0 Å². The summed E-state index contributed by atoms with van der Waals surface area (Å²) in [4.78, 5) is 6.76. The highest BCUT2D eigenvalue weighted by molar-refractivity contribution is 9.10. The fourth-order valence-corrected chi connectivity index (χ4v) is 2.48. The van der Waals surface area contributed by atoms with E-state index < -0.39 is 0 Å². The summed E-state index contributed by atoms with van der Waals surface area (Å²) in [5.41, 5.74) is 0.885. The second-order valence-electron chi connectivity index (χ2n) is 4.28. The molecule has 1 aliphatic heterocycles. The van der Waals surface area contributed by atoms with Gasteiger partial charge in [0.1, 0.15) is 0 Å². The Morgan fingerprint density at radius 3 is 3.12 bits per heavy atom. The van der Waals surface area contributed by atoms with E-state index in [9.17, 15) is 0 Å². The number of fused-ring (bicyclic) bond motifs is 1. The Morgan fingerprint density at radius 1 is 1.47 bits per heavy atom. The van der Waals surface area contributed by atoms with E-state index in [-0.39, 0.29) is 0 Å². The Morgan fingerprint density at radius 2 is 2.35 bits per heavy atom. The maximum Gasteiger partial charge on any atom is 0.245 e. The molecule has 0 aliphatic carbocycles. The van der Waals surface area contributed by atoms with E-state index in [2.05, 4.69) is 36.2 Å². The first-order valence-electron chi connectivity index (χ1n) is 5.70. The molecule has 1 N–H and O–H groups in total. The van der Waals surface area contributed by atoms with Gasteiger partial charge in [-0.1, -0.05) is 0 Å². The third-order valence-corrected chi connectivity index (χ3v) is 3.63. The number of rotatable bonds is 2. The van der Waals surface area contributed by atoms with Crippen molar-refractivity contribution in [3.8, 4) is 0 Å². The lowest BCUT2D eigenvalue weighted by Crippen LogP contribution is -2.29. The first-order valence-corrected chi connectivity index (χ1v) is 6.50. The minimum Gasteiger partial charge on any atom is -0.338 e. The average molecular weight is 296 g/mol. The van der Waals surface area contributed by atoms with Gasteiger partial charge in [-0.2, -0.15) is 4.98 Å². The van der Waals surface area contributed by atoms with Gasteiger partial charge in [0.15, 0.2) is 5.65 Å². The molecule has 2 aromatic heterocycles. The van der Waals surface area contributed by atoms with Gasteiger partial charge in [-0.3, -0.25) is 0 Å². The van der Waals surface area contributed by atoms with Crippen molar-refractivity contribution in [1.29, 1.82) is 0 Å². The van der Waals surface area contributed by atoms with Crippen LogP contribution in [0.2, 0.25) is 0 Å². The number of nitrogens with one attached hydrogen (secondary N) is 1. The molecule has 3 rings (SSSR count). The van der Waals surface area contributed by atoms with Gasteiger partial charge in [-0.15, -0.1) is 5.10 Å². The highest BCUT2D eigenvalue weighted by atomic mass is 79.9. The quantitative estimate of drug-likeness (QED) is 0.907. The number of nitrogens with zero attached hydrogens (tertiary/aromatic N) is 4. The normalized spacial score (nSPS) is 20.4. The molecular weight excluding hydrogens is 282 g/mol. The Bertz CT molecular complexity index is 538. The van der Waals surface area contributed by atoms with Crippen LogP contribution in [-0.4, -0.2) is 40.8 Å². The Balaban J connectivity index is 1.91. The van der Waals surface area contributed by atoms with E-state index in [0.29, 0.717) is 6.04 Å². The predicted octanol–water partition coefficient (Wildman–Crippen LogP) is 1.29. The van der Waals surface area contributed by atoms with Gasteiger partial charge in [0.2, 0.25) is 5.95 Å². The van der Waals surface area contributed by atoms with Gasteiger partial charge in [-0.05, 0) is 41.5 Å². The number of aromatic nitrogens is 3. The summed E-state index contributed by atoms with van der Waals surface area (Å²) in [6.45, 7) is 2.00. The predicted molar refractivity (Wildman–Crippen MR) is 70.4 cm³/mol. The summed E-state index contributed by atoms with van der Waals surface area (Å²) in [5.74, 6) is 0.820. The minimum atomic E-state index is 0.549. The van der Waals surface area contributed by atoms with E-state index in [0.717, 1.165) is 35.6 Å². The van der Waals surface area contributed by atoms with Crippen LogP contribution in [0.1, 0.15) is 6.42 Å². The lowest BCUT2D eigenvalue weighted by atomic mass is 10.3. The zero-order chi connectivity index (χ0) is 11.8. The van der Waals surface area contributed by atoms with Crippen molar-refractivity contribution in [2.24, 2.45) is 0 Å². The fourth-order valence-electron chi connectivity index (χ4n) is 2.16. The maximum atomic E-state index is 4.53. The van der Waals surface area contributed by atoms with Crippen LogP contribution in [-0.2, 0) is 0 Å². The maximum absolute atomic E-state index is 4.53. The highest BCUT2D eigenvalue weighted by Crippen LogP contribution is 2.18. The van der Waals surface area contributed by atoms with Crippen LogP contribution in [0.5, 0.6) is 0 Å². The SMILES string of the molecule is CNC1CCN(c2nc3ccc(Br)cn3n2)C1. The van der Waals surface area contributed by atoms with E-state index in [4.69, 9.17) is 0 Å². The molecule has 1 unspecified atom stereocenters. The number of hydrogen-bond acceptors (Lipinski definition) is 4. The number of likely N-dealkylation sites (N-methyl/N-ethyl adjacent to an activating group) is 1. The third-order valence-electron chi connectivity index (χ3n) is 3.16. The molecule has 0 amide bonds. The molecule has 17 heavy (non-hydrogen) atoms. The van der Waals surface area contributed by atoms with Crippen molar-refractivity contribution in [2.45, 2.75) is 12.5 Å². The van der Waals surface area contributed by atoms with E-state index >= 15 is 0 Å². The number of anilines is 1. The first kappa shape index (κ1) is 11.0. The molecule has 5 nitrogen and oxygen atoms in total. The fraction of sp³-hybridized carbons (Fsp3) is 0.455. The van der Waals surface area contributed by atoms with Crippen molar-refractivity contribution in [3.05, 3.63) is 22.8 Å². The molecule has 0 bridgehead atoms. The van der Waals surface area contributed by atoms with Crippen LogP contribution in [0.3, 0.4) is 0 Å². The van der Waals surface area contributed by atoms with E-state index in [1.165, 1.54) is 0 Å². The molecule has 1 aliphatic rings. The Hall–Kier alpha value is -1.14. The molecule has 3 heterocycles. The van der Waals surface area contributed by atoms with Crippen LogP contribution in [0.15, 0.2) is 22.8 Å². The summed E-state index contributed by atoms with van der Waals surface area (Å²) in [5, 5.41) is 7.79. The number of halogens is 1. The molecule has 1 fully saturated rings. The number of pyridine rings is 1. The topological polar surface area (TPSA) is 45.5 Å². The third kappa shape index (κ3) is 2.02. The van der Waals surface area contributed by atoms with Crippen LogP contribution < -0.4 is 10.2 Å². The monoisotopic (exact) mass is 295 g/mol. The lowest BCUT2D eigenvalue weighted by molar-refractivity contribution is 0.616.